The molecular formula is C26H28N2O3S. The Morgan fingerprint density at radius 1 is 0.875 bits per heavy atom. The molecule has 1 amide bonds. The first-order valence-corrected chi connectivity index (χ1v) is 11.0. The van der Waals surface area contributed by atoms with Crippen LogP contribution in [0.25, 0.3) is 0 Å². The summed E-state index contributed by atoms with van der Waals surface area (Å²) in [7, 11) is 0. The molecule has 0 saturated heterocycles. The summed E-state index contributed by atoms with van der Waals surface area (Å²) >= 11 is 5.36. The van der Waals surface area contributed by atoms with E-state index >= 15 is 0 Å². The zero-order valence-electron chi connectivity index (χ0n) is 18.3. The third-order valence-corrected chi connectivity index (χ3v) is 4.76. The van der Waals surface area contributed by atoms with Crippen LogP contribution in [0.15, 0.2) is 78.9 Å². The van der Waals surface area contributed by atoms with Crippen LogP contribution in [0.3, 0.4) is 0 Å². The van der Waals surface area contributed by atoms with E-state index in [0.29, 0.717) is 41.9 Å². The topological polar surface area (TPSA) is 59.6 Å². The van der Waals surface area contributed by atoms with E-state index in [2.05, 4.69) is 36.6 Å². The fourth-order valence-corrected chi connectivity index (χ4v) is 3.18. The molecule has 0 atom stereocenters. The predicted molar refractivity (Wildman–Crippen MR) is 133 cm³/mol. The summed E-state index contributed by atoms with van der Waals surface area (Å²) in [5, 5.41) is 5.97. The maximum Gasteiger partial charge on any atom is 0.261 e. The second-order valence-corrected chi connectivity index (χ2v) is 8.10. The molecule has 166 valence electrons. The summed E-state index contributed by atoms with van der Waals surface area (Å²) in [6.07, 6.45) is 0.754. The van der Waals surface area contributed by atoms with Crippen molar-refractivity contribution >= 4 is 28.9 Å². The Morgan fingerprint density at radius 2 is 1.53 bits per heavy atom. The van der Waals surface area contributed by atoms with Crippen LogP contribution in [0.5, 0.6) is 11.5 Å². The zero-order chi connectivity index (χ0) is 22.8. The molecule has 3 aromatic rings. The molecule has 0 unspecified atom stereocenters. The van der Waals surface area contributed by atoms with E-state index in [1.807, 2.05) is 48.5 Å². The van der Waals surface area contributed by atoms with Gasteiger partial charge in [-0.3, -0.25) is 10.1 Å². The van der Waals surface area contributed by atoms with E-state index in [4.69, 9.17) is 21.7 Å². The molecular weight excluding hydrogens is 420 g/mol. The first kappa shape index (κ1) is 23.3. The molecule has 0 spiro atoms. The van der Waals surface area contributed by atoms with Crippen molar-refractivity contribution < 1.29 is 14.3 Å². The molecule has 0 radical (unpaired) electrons. The van der Waals surface area contributed by atoms with Crippen molar-refractivity contribution in [1.29, 1.82) is 0 Å². The average Bonchev–Trinajstić information content (AvgIpc) is 2.79. The Kier molecular flexibility index (Phi) is 8.63. The van der Waals surface area contributed by atoms with Gasteiger partial charge >= 0.3 is 0 Å². The molecule has 32 heavy (non-hydrogen) atoms. The molecule has 3 aromatic carbocycles. The molecule has 0 heterocycles. The van der Waals surface area contributed by atoms with Gasteiger partial charge in [0.15, 0.2) is 5.11 Å². The quantitative estimate of drug-likeness (QED) is 0.425. The number of benzene rings is 3. The molecule has 0 aliphatic rings. The lowest BCUT2D eigenvalue weighted by Crippen LogP contribution is -2.34. The summed E-state index contributed by atoms with van der Waals surface area (Å²) in [5.41, 5.74) is 2.30. The first-order chi connectivity index (χ1) is 15.5. The number of hydrogen-bond donors (Lipinski definition) is 2. The maximum atomic E-state index is 12.8. The van der Waals surface area contributed by atoms with Gasteiger partial charge < -0.3 is 14.8 Å². The van der Waals surface area contributed by atoms with Crippen LogP contribution in [-0.4, -0.2) is 24.2 Å². The molecule has 0 bridgehead atoms. The fourth-order valence-electron chi connectivity index (χ4n) is 2.98. The van der Waals surface area contributed by atoms with Crippen molar-refractivity contribution in [3.63, 3.8) is 0 Å². The minimum atomic E-state index is -0.335. The maximum absolute atomic E-state index is 12.8. The molecule has 0 fully saturated rings. The third kappa shape index (κ3) is 7.10. The number of thiocarbonyl (C=S) groups is 1. The summed E-state index contributed by atoms with van der Waals surface area (Å²) in [6, 6.07) is 24.7. The second-order valence-electron chi connectivity index (χ2n) is 7.69. The van der Waals surface area contributed by atoms with Gasteiger partial charge in [0.25, 0.3) is 5.91 Å². The lowest BCUT2D eigenvalue weighted by molar-refractivity contribution is 0.0974. The van der Waals surface area contributed by atoms with Gasteiger partial charge in [-0.15, -0.1) is 0 Å². The van der Waals surface area contributed by atoms with Gasteiger partial charge in [-0.1, -0.05) is 68.4 Å². The summed E-state index contributed by atoms with van der Waals surface area (Å²) in [5.74, 6) is 1.26. The zero-order valence-corrected chi connectivity index (χ0v) is 19.2. The number of para-hydroxylation sites is 3. The van der Waals surface area contributed by atoms with Gasteiger partial charge in [0.05, 0.1) is 24.5 Å². The predicted octanol–water partition coefficient (Wildman–Crippen LogP) is 5.47. The van der Waals surface area contributed by atoms with Crippen LogP contribution in [0, 0.1) is 5.92 Å². The van der Waals surface area contributed by atoms with Gasteiger partial charge in [0.2, 0.25) is 0 Å². The van der Waals surface area contributed by atoms with Gasteiger partial charge in [-0.25, -0.2) is 0 Å². The van der Waals surface area contributed by atoms with Crippen molar-refractivity contribution in [1.82, 2.24) is 5.32 Å². The molecule has 2 N–H and O–H groups in total. The molecule has 3 rings (SSSR count). The summed E-state index contributed by atoms with van der Waals surface area (Å²) < 4.78 is 11.7. The molecule has 0 aliphatic heterocycles. The van der Waals surface area contributed by atoms with E-state index in [1.54, 1.807) is 18.2 Å². The van der Waals surface area contributed by atoms with Crippen LogP contribution < -0.4 is 20.1 Å². The third-order valence-electron chi connectivity index (χ3n) is 4.56. The molecule has 0 aliphatic carbocycles. The Hall–Kier alpha value is -3.38. The highest BCUT2D eigenvalue weighted by molar-refractivity contribution is 7.80. The largest absolute Gasteiger partial charge is 0.492 e. The van der Waals surface area contributed by atoms with Gasteiger partial charge in [0, 0.05) is 6.42 Å². The Morgan fingerprint density at radius 3 is 2.28 bits per heavy atom. The standard InChI is InChI=1S/C26H28N2O3S/c1-19(2)18-31-24-15-9-7-13-22(24)27-26(32)28-25(29)21-12-6-8-14-23(21)30-17-16-20-10-4-3-5-11-20/h3-15,19H,16-18H2,1-2H3,(H2,27,28,29,32). The van der Waals surface area contributed by atoms with Gasteiger partial charge in [-0.05, 0) is 48.0 Å². The van der Waals surface area contributed by atoms with Crippen molar-refractivity contribution in [2.45, 2.75) is 20.3 Å². The van der Waals surface area contributed by atoms with Gasteiger partial charge in [-0.2, -0.15) is 0 Å². The Labute approximate surface area is 194 Å². The number of carbonyl (C=O) groups excluding carboxylic acids is 1. The normalized spacial score (nSPS) is 10.5. The molecule has 6 heteroatoms. The molecule has 0 saturated carbocycles. The van der Waals surface area contributed by atoms with Crippen LogP contribution in [0.1, 0.15) is 29.8 Å². The van der Waals surface area contributed by atoms with Crippen molar-refractivity contribution in [3.05, 3.63) is 90.0 Å². The van der Waals surface area contributed by atoms with Crippen molar-refractivity contribution in [2.24, 2.45) is 5.92 Å². The number of amides is 1. The number of rotatable bonds is 9. The first-order valence-electron chi connectivity index (χ1n) is 10.6. The number of hydrogen-bond acceptors (Lipinski definition) is 4. The van der Waals surface area contributed by atoms with Crippen LogP contribution in [0.4, 0.5) is 5.69 Å². The fraction of sp³-hybridized carbons (Fsp3) is 0.231. The SMILES string of the molecule is CC(C)COc1ccccc1NC(=S)NC(=O)c1ccccc1OCCc1ccccc1. The van der Waals surface area contributed by atoms with Gasteiger partial charge in [0.1, 0.15) is 11.5 Å². The minimum absolute atomic E-state index is 0.190. The van der Waals surface area contributed by atoms with Crippen molar-refractivity contribution in [3.8, 4) is 11.5 Å². The van der Waals surface area contributed by atoms with E-state index < -0.39 is 0 Å². The van der Waals surface area contributed by atoms with Crippen molar-refractivity contribution in [2.75, 3.05) is 18.5 Å². The van der Waals surface area contributed by atoms with Crippen LogP contribution in [0.2, 0.25) is 0 Å². The number of nitrogens with one attached hydrogen (secondary N) is 2. The van der Waals surface area contributed by atoms with E-state index in [1.165, 1.54) is 5.56 Å². The van der Waals surface area contributed by atoms with Crippen LogP contribution in [-0.2, 0) is 6.42 Å². The lowest BCUT2D eigenvalue weighted by Gasteiger charge is -2.16. The Bertz CT molecular complexity index is 1040. The van der Waals surface area contributed by atoms with E-state index in [-0.39, 0.29) is 11.0 Å². The number of anilines is 1. The monoisotopic (exact) mass is 448 g/mol. The van der Waals surface area contributed by atoms with E-state index in [0.717, 1.165) is 6.42 Å². The minimum Gasteiger partial charge on any atom is -0.492 e. The lowest BCUT2D eigenvalue weighted by atomic mass is 10.1. The highest BCUT2D eigenvalue weighted by Gasteiger charge is 2.14. The Balaban J connectivity index is 1.59. The van der Waals surface area contributed by atoms with Crippen LogP contribution >= 0.6 is 12.2 Å². The van der Waals surface area contributed by atoms with E-state index in [9.17, 15) is 4.79 Å². The highest BCUT2D eigenvalue weighted by Crippen LogP contribution is 2.24. The number of ether oxygens (including phenoxy) is 2. The molecule has 5 nitrogen and oxygen atoms in total. The highest BCUT2D eigenvalue weighted by atomic mass is 32.1. The number of carbonyl (C=O) groups is 1. The average molecular weight is 449 g/mol. The summed E-state index contributed by atoms with van der Waals surface area (Å²) in [4.78, 5) is 12.8. The smallest absolute Gasteiger partial charge is 0.261 e. The summed E-state index contributed by atoms with van der Waals surface area (Å²) in [6.45, 7) is 5.23. The molecule has 0 aromatic heterocycles. The second kappa shape index (κ2) is 11.9.